The van der Waals surface area contributed by atoms with Gasteiger partial charge in [0.1, 0.15) is 5.82 Å². The van der Waals surface area contributed by atoms with Gasteiger partial charge in [0.25, 0.3) is 5.56 Å². The zero-order chi connectivity index (χ0) is 17.0. The van der Waals surface area contributed by atoms with E-state index in [0.717, 1.165) is 43.4 Å². The molecule has 0 radical (unpaired) electrons. The van der Waals surface area contributed by atoms with Crippen molar-refractivity contribution >= 4 is 10.9 Å². The molecule has 132 valence electrons. The largest absolute Gasteiger partial charge is 0.347 e. The molecule has 2 saturated heterocycles. The second-order valence-corrected chi connectivity index (χ2v) is 7.29. The molecule has 6 heteroatoms. The lowest BCUT2D eigenvalue weighted by Crippen LogP contribution is -2.46. The summed E-state index contributed by atoms with van der Waals surface area (Å²) in [5, 5.41) is 0.934. The van der Waals surface area contributed by atoms with Gasteiger partial charge in [0, 0.05) is 56.6 Å². The smallest absolute Gasteiger partial charge is 0.251 e. The van der Waals surface area contributed by atoms with E-state index in [1.807, 2.05) is 0 Å². The lowest BCUT2D eigenvalue weighted by atomic mass is 9.96. The number of benzene rings is 1. The predicted octanol–water partition coefficient (Wildman–Crippen LogP) is 2.08. The third-order valence-corrected chi connectivity index (χ3v) is 5.86. The number of ether oxygens (including phenoxy) is 2. The van der Waals surface area contributed by atoms with Crippen LogP contribution >= 0.6 is 0 Å². The van der Waals surface area contributed by atoms with Crippen LogP contribution in [-0.2, 0) is 16.0 Å². The SMILES string of the molecule is O=c1ccc2ccc(F)c3c2n1CC3CN1CCC2(CC1)OCCO2. The summed E-state index contributed by atoms with van der Waals surface area (Å²) in [6.45, 7) is 4.41. The van der Waals surface area contributed by atoms with Crippen molar-refractivity contribution in [2.24, 2.45) is 0 Å². The van der Waals surface area contributed by atoms with E-state index < -0.39 is 5.79 Å². The van der Waals surface area contributed by atoms with Gasteiger partial charge < -0.3 is 18.9 Å². The van der Waals surface area contributed by atoms with Crippen molar-refractivity contribution < 1.29 is 13.9 Å². The molecule has 0 bridgehead atoms. The number of hydrogen-bond donors (Lipinski definition) is 0. The molecular weight excluding hydrogens is 323 g/mol. The quantitative estimate of drug-likeness (QED) is 0.837. The van der Waals surface area contributed by atoms with Crippen LogP contribution < -0.4 is 5.56 Å². The monoisotopic (exact) mass is 344 g/mol. The Morgan fingerprint density at radius 3 is 2.60 bits per heavy atom. The molecule has 1 atom stereocenters. The molecule has 1 aromatic carbocycles. The summed E-state index contributed by atoms with van der Waals surface area (Å²) in [6, 6.07) is 6.65. The number of hydrogen-bond acceptors (Lipinski definition) is 4. The van der Waals surface area contributed by atoms with E-state index in [9.17, 15) is 9.18 Å². The highest BCUT2D eigenvalue weighted by Gasteiger charge is 2.40. The second kappa shape index (κ2) is 5.62. The van der Waals surface area contributed by atoms with Crippen LogP contribution in [0.3, 0.4) is 0 Å². The molecule has 0 saturated carbocycles. The Bertz CT molecular complexity index is 878. The molecule has 2 fully saturated rings. The van der Waals surface area contributed by atoms with Crippen LogP contribution in [0.25, 0.3) is 10.9 Å². The lowest BCUT2D eigenvalue weighted by Gasteiger charge is -2.38. The Balaban J connectivity index is 1.40. The number of pyridine rings is 1. The van der Waals surface area contributed by atoms with Crippen molar-refractivity contribution in [3.05, 3.63) is 46.0 Å². The van der Waals surface area contributed by atoms with Crippen molar-refractivity contribution in [1.29, 1.82) is 0 Å². The van der Waals surface area contributed by atoms with Gasteiger partial charge in [-0.05, 0) is 23.6 Å². The summed E-state index contributed by atoms with van der Waals surface area (Å²) in [5.74, 6) is -0.583. The van der Waals surface area contributed by atoms with E-state index in [1.165, 1.54) is 6.07 Å². The fourth-order valence-corrected chi connectivity index (χ4v) is 4.60. The van der Waals surface area contributed by atoms with E-state index in [0.29, 0.717) is 25.3 Å². The van der Waals surface area contributed by atoms with Gasteiger partial charge in [-0.2, -0.15) is 0 Å². The van der Waals surface area contributed by atoms with Crippen molar-refractivity contribution in [3.63, 3.8) is 0 Å². The van der Waals surface area contributed by atoms with Crippen molar-refractivity contribution in [2.75, 3.05) is 32.8 Å². The number of rotatable bonds is 2. The molecule has 3 aliphatic heterocycles. The fourth-order valence-electron chi connectivity index (χ4n) is 4.60. The Morgan fingerprint density at radius 2 is 1.84 bits per heavy atom. The molecule has 2 aromatic rings. The van der Waals surface area contributed by atoms with Gasteiger partial charge >= 0.3 is 0 Å². The van der Waals surface area contributed by atoms with Crippen LogP contribution in [0, 0.1) is 5.82 Å². The Labute approximate surface area is 144 Å². The van der Waals surface area contributed by atoms with Gasteiger partial charge in [-0.3, -0.25) is 4.79 Å². The molecule has 0 N–H and O–H groups in total. The Hall–Kier alpha value is -1.76. The summed E-state index contributed by atoms with van der Waals surface area (Å²) < 4.78 is 27.8. The number of piperidine rings is 1. The topological polar surface area (TPSA) is 43.7 Å². The standard InChI is InChI=1S/C19H21FN2O3/c20-15-3-1-13-2-4-16(23)22-12-14(17(15)18(13)22)11-21-7-5-19(6-8-21)24-9-10-25-19/h1-4,14H,5-12H2. The molecule has 0 aliphatic carbocycles. The maximum atomic E-state index is 14.6. The fraction of sp³-hybridized carbons (Fsp3) is 0.526. The van der Waals surface area contributed by atoms with Gasteiger partial charge in [0.15, 0.2) is 5.79 Å². The number of aromatic nitrogens is 1. The van der Waals surface area contributed by atoms with E-state index in [-0.39, 0.29) is 17.3 Å². The molecule has 0 amide bonds. The molecule has 1 aromatic heterocycles. The average molecular weight is 344 g/mol. The van der Waals surface area contributed by atoms with E-state index in [2.05, 4.69) is 4.90 Å². The molecule has 1 spiro atoms. The van der Waals surface area contributed by atoms with Crippen LogP contribution in [0.4, 0.5) is 4.39 Å². The molecule has 1 unspecified atom stereocenters. The maximum absolute atomic E-state index is 14.6. The first-order valence-electron chi connectivity index (χ1n) is 8.97. The first kappa shape index (κ1) is 15.5. The molecule has 25 heavy (non-hydrogen) atoms. The van der Waals surface area contributed by atoms with Crippen LogP contribution in [-0.4, -0.2) is 48.1 Å². The average Bonchev–Trinajstić information content (AvgIpc) is 3.22. The van der Waals surface area contributed by atoms with Gasteiger partial charge in [-0.1, -0.05) is 0 Å². The number of likely N-dealkylation sites (tertiary alicyclic amines) is 1. The van der Waals surface area contributed by atoms with Gasteiger partial charge in [0.2, 0.25) is 0 Å². The summed E-state index contributed by atoms with van der Waals surface area (Å²) >= 11 is 0. The highest BCUT2D eigenvalue weighted by atomic mass is 19.1. The molecule has 5 rings (SSSR count). The summed E-state index contributed by atoms with van der Waals surface area (Å²) in [4.78, 5) is 14.6. The first-order chi connectivity index (χ1) is 12.2. The minimum Gasteiger partial charge on any atom is -0.347 e. The van der Waals surface area contributed by atoms with E-state index in [4.69, 9.17) is 9.47 Å². The minimum atomic E-state index is -0.392. The van der Waals surface area contributed by atoms with Crippen LogP contribution in [0.2, 0.25) is 0 Å². The first-order valence-corrected chi connectivity index (χ1v) is 8.97. The van der Waals surface area contributed by atoms with E-state index >= 15 is 0 Å². The Morgan fingerprint density at radius 1 is 1.12 bits per heavy atom. The van der Waals surface area contributed by atoms with Crippen molar-refractivity contribution in [3.8, 4) is 0 Å². The second-order valence-electron chi connectivity index (χ2n) is 7.29. The maximum Gasteiger partial charge on any atom is 0.251 e. The number of nitrogens with zero attached hydrogens (tertiary/aromatic N) is 2. The summed E-state index contributed by atoms with van der Waals surface area (Å²) in [5.41, 5.74) is 1.42. The summed E-state index contributed by atoms with van der Waals surface area (Å²) in [7, 11) is 0. The normalized spacial score (nSPS) is 25.2. The van der Waals surface area contributed by atoms with Crippen LogP contribution in [0.15, 0.2) is 29.1 Å². The van der Waals surface area contributed by atoms with Crippen molar-refractivity contribution in [1.82, 2.24) is 9.47 Å². The minimum absolute atomic E-state index is 0.0123. The third-order valence-electron chi connectivity index (χ3n) is 5.86. The third kappa shape index (κ3) is 2.43. The molecule has 3 aliphatic rings. The summed E-state index contributed by atoms with van der Waals surface area (Å²) in [6.07, 6.45) is 1.69. The molecular formula is C19H21FN2O3. The van der Waals surface area contributed by atoms with E-state index in [1.54, 1.807) is 22.8 Å². The van der Waals surface area contributed by atoms with Gasteiger partial charge in [-0.25, -0.2) is 4.39 Å². The highest BCUT2D eigenvalue weighted by Crippen LogP contribution is 2.37. The molecule has 4 heterocycles. The van der Waals surface area contributed by atoms with Gasteiger partial charge in [-0.15, -0.1) is 0 Å². The molecule has 5 nitrogen and oxygen atoms in total. The van der Waals surface area contributed by atoms with Crippen LogP contribution in [0.5, 0.6) is 0 Å². The zero-order valence-electron chi connectivity index (χ0n) is 14.0. The predicted molar refractivity (Wildman–Crippen MR) is 91.2 cm³/mol. The highest BCUT2D eigenvalue weighted by molar-refractivity contribution is 5.84. The van der Waals surface area contributed by atoms with Crippen LogP contribution in [0.1, 0.15) is 24.3 Å². The Kier molecular flexibility index (Phi) is 3.48. The van der Waals surface area contributed by atoms with Gasteiger partial charge in [0.05, 0.1) is 18.7 Å². The number of halogens is 1. The zero-order valence-corrected chi connectivity index (χ0v) is 14.0. The lowest BCUT2D eigenvalue weighted by molar-refractivity contribution is -0.185. The van der Waals surface area contributed by atoms with Crippen molar-refractivity contribution in [2.45, 2.75) is 31.1 Å².